The fourth-order valence-electron chi connectivity index (χ4n) is 3.58. The molecule has 33 heavy (non-hydrogen) atoms. The number of nitrogens with one attached hydrogen (secondary N) is 1. The fraction of sp³-hybridized carbons (Fsp3) is 0.259. The molecule has 3 aromatic rings. The molecular weight excluding hydrogens is 436 g/mol. The van der Waals surface area contributed by atoms with Gasteiger partial charge in [0.05, 0.1) is 0 Å². The summed E-state index contributed by atoms with van der Waals surface area (Å²) in [6, 6.07) is 22.0. The fourth-order valence-corrected chi connectivity index (χ4v) is 3.80. The van der Waals surface area contributed by atoms with Crippen molar-refractivity contribution in [3.63, 3.8) is 0 Å². The topological polar surface area (TPSA) is 58.6 Å². The zero-order valence-corrected chi connectivity index (χ0v) is 19.9. The number of nitrogens with zero attached hydrogens (tertiary/aromatic N) is 1. The van der Waals surface area contributed by atoms with Gasteiger partial charge in [0.2, 0.25) is 5.91 Å². The molecule has 0 saturated heterocycles. The number of carbonyl (C=O) groups is 2. The van der Waals surface area contributed by atoms with Crippen molar-refractivity contribution >= 4 is 23.4 Å². The Bertz CT molecular complexity index is 1100. The smallest absolute Gasteiger partial charge is 0.261 e. The molecule has 0 aliphatic heterocycles. The van der Waals surface area contributed by atoms with E-state index in [9.17, 15) is 9.59 Å². The highest BCUT2D eigenvalue weighted by atomic mass is 35.5. The Labute approximate surface area is 200 Å². The first-order chi connectivity index (χ1) is 15.9. The lowest BCUT2D eigenvalue weighted by Gasteiger charge is -2.31. The van der Waals surface area contributed by atoms with Crippen LogP contribution in [-0.2, 0) is 22.6 Å². The number of halogens is 1. The summed E-state index contributed by atoms with van der Waals surface area (Å²) < 4.78 is 5.81. The SMILES string of the molecule is CNC(=O)[C@@H](Cc1ccccc1)N(Cc1cccc(Cl)c1)C(=O)COc1ccc(C)c(C)c1. The van der Waals surface area contributed by atoms with E-state index < -0.39 is 6.04 Å². The van der Waals surface area contributed by atoms with Crippen LogP contribution in [0.1, 0.15) is 22.3 Å². The zero-order valence-electron chi connectivity index (χ0n) is 19.2. The number of benzene rings is 3. The van der Waals surface area contributed by atoms with Gasteiger partial charge in [0.15, 0.2) is 6.61 Å². The number of amides is 2. The van der Waals surface area contributed by atoms with E-state index in [0.29, 0.717) is 17.2 Å². The highest BCUT2D eigenvalue weighted by Crippen LogP contribution is 2.19. The lowest BCUT2D eigenvalue weighted by Crippen LogP contribution is -2.51. The van der Waals surface area contributed by atoms with Gasteiger partial charge in [-0.25, -0.2) is 0 Å². The standard InChI is InChI=1S/C27H29ClN2O3/c1-19-12-13-24(14-20(19)2)33-18-26(31)30(17-22-10-7-11-23(28)15-22)25(27(32)29-3)16-21-8-5-4-6-9-21/h4-15,25H,16-18H2,1-3H3,(H,29,32)/t25-/m1/s1. The van der Waals surface area contributed by atoms with Crippen LogP contribution < -0.4 is 10.1 Å². The molecule has 0 saturated carbocycles. The van der Waals surface area contributed by atoms with E-state index in [-0.39, 0.29) is 25.0 Å². The number of hydrogen-bond donors (Lipinski definition) is 1. The van der Waals surface area contributed by atoms with Gasteiger partial charge in [-0.15, -0.1) is 0 Å². The van der Waals surface area contributed by atoms with E-state index in [0.717, 1.165) is 22.3 Å². The van der Waals surface area contributed by atoms with Crippen LogP contribution in [0.3, 0.4) is 0 Å². The summed E-state index contributed by atoms with van der Waals surface area (Å²) in [4.78, 5) is 27.9. The predicted molar refractivity (Wildman–Crippen MR) is 131 cm³/mol. The Balaban J connectivity index is 1.87. The minimum absolute atomic E-state index is 0.175. The van der Waals surface area contributed by atoms with Crippen LogP contribution in [0.5, 0.6) is 5.75 Å². The second kappa shape index (κ2) is 11.5. The molecule has 172 valence electrons. The van der Waals surface area contributed by atoms with Gasteiger partial charge < -0.3 is 15.0 Å². The molecule has 0 heterocycles. The summed E-state index contributed by atoms with van der Waals surface area (Å²) in [5.41, 5.74) is 4.04. The van der Waals surface area contributed by atoms with Crippen molar-refractivity contribution in [1.82, 2.24) is 10.2 Å². The molecule has 0 aliphatic carbocycles. The molecule has 0 fully saturated rings. The lowest BCUT2D eigenvalue weighted by atomic mass is 10.0. The van der Waals surface area contributed by atoms with Crippen molar-refractivity contribution in [2.24, 2.45) is 0 Å². The molecule has 5 nitrogen and oxygen atoms in total. The van der Waals surface area contributed by atoms with Gasteiger partial charge >= 0.3 is 0 Å². The van der Waals surface area contributed by atoms with Gasteiger partial charge in [-0.3, -0.25) is 9.59 Å². The molecule has 0 spiro atoms. The van der Waals surface area contributed by atoms with Gasteiger partial charge in [0.25, 0.3) is 5.91 Å². The summed E-state index contributed by atoms with van der Waals surface area (Å²) in [7, 11) is 1.58. The zero-order chi connectivity index (χ0) is 23.8. The van der Waals surface area contributed by atoms with Gasteiger partial charge in [-0.05, 0) is 60.4 Å². The Morgan fingerprint density at radius 1 is 0.939 bits per heavy atom. The quantitative estimate of drug-likeness (QED) is 0.498. The molecule has 0 radical (unpaired) electrons. The monoisotopic (exact) mass is 464 g/mol. The number of likely N-dealkylation sites (N-methyl/N-ethyl adjacent to an activating group) is 1. The Morgan fingerprint density at radius 2 is 1.67 bits per heavy atom. The van der Waals surface area contributed by atoms with E-state index in [1.165, 1.54) is 0 Å². The second-order valence-electron chi connectivity index (χ2n) is 8.01. The van der Waals surface area contributed by atoms with Crippen molar-refractivity contribution in [1.29, 1.82) is 0 Å². The number of rotatable bonds is 9. The molecule has 3 aromatic carbocycles. The van der Waals surface area contributed by atoms with E-state index in [1.807, 2.05) is 74.5 Å². The van der Waals surface area contributed by atoms with Crippen LogP contribution in [0, 0.1) is 13.8 Å². The first-order valence-electron chi connectivity index (χ1n) is 10.9. The number of ether oxygens (including phenoxy) is 1. The summed E-state index contributed by atoms with van der Waals surface area (Å²) in [6.07, 6.45) is 0.385. The third-order valence-electron chi connectivity index (χ3n) is 5.60. The van der Waals surface area contributed by atoms with Crippen LogP contribution in [0.2, 0.25) is 5.02 Å². The van der Waals surface area contributed by atoms with Crippen molar-refractivity contribution in [3.8, 4) is 5.75 Å². The summed E-state index contributed by atoms with van der Waals surface area (Å²) in [5, 5.41) is 3.28. The van der Waals surface area contributed by atoms with Crippen molar-refractivity contribution in [3.05, 3.63) is 100 Å². The largest absolute Gasteiger partial charge is 0.484 e. The molecule has 0 unspecified atom stereocenters. The number of aryl methyl sites for hydroxylation is 2. The average Bonchev–Trinajstić information content (AvgIpc) is 2.82. The van der Waals surface area contributed by atoms with Crippen molar-refractivity contribution < 1.29 is 14.3 Å². The first-order valence-corrected chi connectivity index (χ1v) is 11.2. The van der Waals surface area contributed by atoms with E-state index >= 15 is 0 Å². The lowest BCUT2D eigenvalue weighted by molar-refractivity contribution is -0.142. The molecule has 0 aromatic heterocycles. The van der Waals surface area contributed by atoms with Crippen LogP contribution in [0.15, 0.2) is 72.8 Å². The summed E-state index contributed by atoms with van der Waals surface area (Å²) in [5.74, 6) is 0.104. The van der Waals surface area contributed by atoms with Gasteiger partial charge in [0, 0.05) is 25.0 Å². The third kappa shape index (κ3) is 6.83. The predicted octanol–water partition coefficient (Wildman–Crippen LogP) is 4.72. The third-order valence-corrected chi connectivity index (χ3v) is 5.84. The van der Waals surface area contributed by atoms with Crippen molar-refractivity contribution in [2.45, 2.75) is 32.9 Å². The minimum Gasteiger partial charge on any atom is -0.484 e. The van der Waals surface area contributed by atoms with E-state index in [1.54, 1.807) is 24.1 Å². The molecule has 1 N–H and O–H groups in total. The number of carbonyl (C=O) groups excluding carboxylic acids is 2. The van der Waals surface area contributed by atoms with Crippen LogP contribution >= 0.6 is 11.6 Å². The van der Waals surface area contributed by atoms with Crippen LogP contribution in [-0.4, -0.2) is 36.4 Å². The molecule has 6 heteroatoms. The van der Waals surface area contributed by atoms with E-state index in [2.05, 4.69) is 5.32 Å². The normalized spacial score (nSPS) is 11.5. The molecule has 2 amide bonds. The van der Waals surface area contributed by atoms with Crippen LogP contribution in [0.25, 0.3) is 0 Å². The maximum Gasteiger partial charge on any atom is 0.261 e. The number of hydrogen-bond acceptors (Lipinski definition) is 3. The first kappa shape index (κ1) is 24.3. The maximum atomic E-state index is 13.4. The van der Waals surface area contributed by atoms with E-state index in [4.69, 9.17) is 16.3 Å². The Morgan fingerprint density at radius 3 is 2.33 bits per heavy atom. The average molecular weight is 465 g/mol. The molecule has 3 rings (SSSR count). The highest BCUT2D eigenvalue weighted by Gasteiger charge is 2.30. The van der Waals surface area contributed by atoms with Crippen LogP contribution in [0.4, 0.5) is 0 Å². The molecule has 0 aliphatic rings. The molecule has 1 atom stereocenters. The minimum atomic E-state index is -0.702. The van der Waals surface area contributed by atoms with Crippen molar-refractivity contribution in [2.75, 3.05) is 13.7 Å². The highest BCUT2D eigenvalue weighted by molar-refractivity contribution is 6.30. The Kier molecular flexibility index (Phi) is 8.50. The van der Waals surface area contributed by atoms with Gasteiger partial charge in [-0.2, -0.15) is 0 Å². The molecule has 0 bridgehead atoms. The second-order valence-corrected chi connectivity index (χ2v) is 8.44. The maximum absolute atomic E-state index is 13.4. The van der Waals surface area contributed by atoms with Gasteiger partial charge in [-0.1, -0.05) is 60.1 Å². The Hall–Kier alpha value is -3.31. The summed E-state index contributed by atoms with van der Waals surface area (Å²) in [6.45, 7) is 4.08. The summed E-state index contributed by atoms with van der Waals surface area (Å²) >= 11 is 6.17. The molecular formula is C27H29ClN2O3. The van der Waals surface area contributed by atoms with Gasteiger partial charge in [0.1, 0.15) is 11.8 Å².